The lowest BCUT2D eigenvalue weighted by Crippen LogP contribution is -2.39. The zero-order chi connectivity index (χ0) is 45.4. The Kier molecular flexibility index (Phi) is 12.7. The number of anilines is 2. The third-order valence-electron chi connectivity index (χ3n) is 13.6. The first-order valence-corrected chi connectivity index (χ1v) is 23.4. The van der Waals surface area contributed by atoms with Crippen molar-refractivity contribution in [3.63, 3.8) is 0 Å². The molecule has 0 saturated carbocycles. The van der Waals surface area contributed by atoms with Crippen molar-refractivity contribution in [3.05, 3.63) is 106 Å². The van der Waals surface area contributed by atoms with Gasteiger partial charge in [-0.05, 0) is 101 Å². The quantitative estimate of drug-likeness (QED) is 0.164. The molecule has 0 radical (unpaired) electrons. The first-order valence-electron chi connectivity index (χ1n) is 23.4. The molecule has 65 heavy (non-hydrogen) atoms. The number of carbonyl (C=O) groups excluding carboxylic acids is 2. The molecule has 0 spiro atoms. The van der Waals surface area contributed by atoms with Gasteiger partial charge in [-0.3, -0.25) is 14.6 Å². The average molecular weight is 885 g/mol. The maximum absolute atomic E-state index is 14.6. The molecule has 4 fully saturated rings. The Labute approximate surface area is 379 Å². The number of methoxy groups -OCH3 is 1. The molecule has 0 unspecified atom stereocenters. The highest BCUT2D eigenvalue weighted by atomic mass is 19.1. The Balaban J connectivity index is 0.000000164. The van der Waals surface area contributed by atoms with Crippen molar-refractivity contribution >= 4 is 34.7 Å². The van der Waals surface area contributed by atoms with E-state index < -0.39 is 5.82 Å². The van der Waals surface area contributed by atoms with Gasteiger partial charge in [0.25, 0.3) is 11.8 Å². The van der Waals surface area contributed by atoms with E-state index >= 15 is 0 Å². The van der Waals surface area contributed by atoms with Crippen molar-refractivity contribution in [1.29, 1.82) is 0 Å². The van der Waals surface area contributed by atoms with Gasteiger partial charge in [0.2, 0.25) is 0 Å². The van der Waals surface area contributed by atoms with Gasteiger partial charge in [-0.25, -0.2) is 23.4 Å². The summed E-state index contributed by atoms with van der Waals surface area (Å²) < 4.78 is 23.6. The van der Waals surface area contributed by atoms with Gasteiger partial charge in [0.1, 0.15) is 34.5 Å². The van der Waals surface area contributed by atoms with Crippen LogP contribution in [0.15, 0.2) is 61.1 Å². The molecule has 0 aliphatic carbocycles. The fourth-order valence-electron chi connectivity index (χ4n) is 10.0. The summed E-state index contributed by atoms with van der Waals surface area (Å²) >= 11 is 0. The smallest absolute Gasteiger partial charge is 0.273 e. The lowest BCUT2D eigenvalue weighted by Gasteiger charge is -2.35. The topological polar surface area (TPSA) is 156 Å². The van der Waals surface area contributed by atoms with E-state index in [1.807, 2.05) is 46.9 Å². The fourth-order valence-corrected chi connectivity index (χ4v) is 10.0. The number of amides is 2. The SMILES string of the molecule is CCc1ccc(C(=O)N2CCCC[C@H]2c2cc3nc(N4CC[C@H](C)C4)c(C)cn3n2)nc1.COc1cccc(F)c1C(=O)N1CCCC[C@H]1c1cc2nc(N3CC[C@H](N)C3)c(C)cn2n1. The Bertz CT molecular complexity index is 2680. The summed E-state index contributed by atoms with van der Waals surface area (Å²) in [5, 5.41) is 9.62. The number of benzene rings is 1. The molecule has 5 aromatic heterocycles. The lowest BCUT2D eigenvalue weighted by molar-refractivity contribution is 0.0591. The van der Waals surface area contributed by atoms with E-state index in [-0.39, 0.29) is 41.3 Å². The monoisotopic (exact) mass is 884 g/mol. The molecule has 16 heteroatoms. The largest absolute Gasteiger partial charge is 0.496 e. The zero-order valence-corrected chi connectivity index (χ0v) is 38.3. The van der Waals surface area contributed by atoms with E-state index in [0.29, 0.717) is 18.2 Å². The standard InChI is InChI=1S/C25H32N6O.C24H29FN6O2/c1-4-19-8-9-20(26-14-19)25(32)30-11-6-5-7-22(30)21-13-23-27-24(18(3)16-31(23)28-21)29-12-10-17(2)15-29;1-15-13-31-21(27-23(15)29-11-9-16(26)14-29)12-18(28-31)19-7-3-4-10-30(19)24(32)22-17(25)6-5-8-20(22)33-2/h8-9,13-14,16-17,22H,4-7,10-12,15H2,1-3H3;5-6,8,12-13,16,19H,3-4,7,9-11,14,26H2,1-2H3/t17-,22-;16-,19-/m00/s1. The molecule has 4 saturated heterocycles. The second kappa shape index (κ2) is 18.7. The van der Waals surface area contributed by atoms with E-state index in [4.69, 9.17) is 30.6 Å². The van der Waals surface area contributed by atoms with Crippen molar-refractivity contribution in [3.8, 4) is 5.75 Å². The summed E-state index contributed by atoms with van der Waals surface area (Å²) in [4.78, 5) is 49.3. The number of nitrogens with zero attached hydrogens (tertiary/aromatic N) is 11. The number of piperidine rings is 2. The molecule has 4 aliphatic heterocycles. The van der Waals surface area contributed by atoms with E-state index in [0.717, 1.165) is 135 Å². The highest BCUT2D eigenvalue weighted by Crippen LogP contribution is 2.36. The second-order valence-electron chi connectivity index (χ2n) is 18.3. The van der Waals surface area contributed by atoms with Gasteiger partial charge >= 0.3 is 0 Å². The first-order chi connectivity index (χ1) is 31.5. The molecule has 2 N–H and O–H groups in total. The number of pyridine rings is 1. The highest BCUT2D eigenvalue weighted by Gasteiger charge is 2.35. The van der Waals surface area contributed by atoms with Crippen LogP contribution in [0.5, 0.6) is 5.75 Å². The molecule has 4 atom stereocenters. The molecular weight excluding hydrogens is 824 g/mol. The van der Waals surface area contributed by atoms with E-state index in [1.165, 1.54) is 19.6 Å². The number of hydrogen-bond donors (Lipinski definition) is 1. The van der Waals surface area contributed by atoms with Crippen LogP contribution >= 0.6 is 0 Å². The molecule has 9 heterocycles. The van der Waals surface area contributed by atoms with E-state index in [1.54, 1.807) is 21.5 Å². The fraction of sp³-hybridized carbons (Fsp3) is 0.490. The molecule has 10 rings (SSSR count). The number of aromatic nitrogens is 7. The molecule has 2 amide bonds. The third-order valence-corrected chi connectivity index (χ3v) is 13.6. The normalized spacial score (nSPS) is 21.3. The number of rotatable bonds is 8. The number of nitrogens with two attached hydrogens (primary N) is 1. The highest BCUT2D eigenvalue weighted by molar-refractivity contribution is 5.97. The number of ether oxygens (including phenoxy) is 1. The third kappa shape index (κ3) is 8.96. The lowest BCUT2D eigenvalue weighted by atomic mass is 9.98. The summed E-state index contributed by atoms with van der Waals surface area (Å²) in [6.45, 7) is 13.6. The minimum atomic E-state index is -0.579. The maximum atomic E-state index is 14.6. The van der Waals surface area contributed by atoms with Crippen LogP contribution in [0.4, 0.5) is 16.0 Å². The van der Waals surface area contributed by atoms with Gasteiger partial charge in [-0.2, -0.15) is 10.2 Å². The first kappa shape index (κ1) is 44.1. The van der Waals surface area contributed by atoms with Crippen LogP contribution in [-0.2, 0) is 6.42 Å². The maximum Gasteiger partial charge on any atom is 0.273 e. The van der Waals surface area contributed by atoms with Gasteiger partial charge in [0, 0.05) is 87.2 Å². The predicted octanol–water partition coefficient (Wildman–Crippen LogP) is 7.30. The molecule has 1 aromatic carbocycles. The minimum absolute atomic E-state index is 0.00899. The van der Waals surface area contributed by atoms with Crippen LogP contribution in [0.1, 0.15) is 126 Å². The summed E-state index contributed by atoms with van der Waals surface area (Å²) in [5.74, 6) is 1.97. The molecule has 0 bridgehead atoms. The number of aryl methyl sites for hydroxylation is 3. The molecule has 342 valence electrons. The van der Waals surface area contributed by atoms with Crippen LogP contribution in [0, 0.1) is 25.6 Å². The van der Waals surface area contributed by atoms with E-state index in [2.05, 4.69) is 47.8 Å². The van der Waals surface area contributed by atoms with Crippen molar-refractivity contribution in [2.75, 3.05) is 56.2 Å². The van der Waals surface area contributed by atoms with Crippen LogP contribution in [0.25, 0.3) is 11.3 Å². The number of fused-ring (bicyclic) bond motifs is 2. The average Bonchev–Trinajstić information content (AvgIpc) is 4.15. The second-order valence-corrected chi connectivity index (χ2v) is 18.3. The minimum Gasteiger partial charge on any atom is -0.496 e. The Morgan fingerprint density at radius 2 is 1.37 bits per heavy atom. The van der Waals surface area contributed by atoms with Gasteiger partial charge < -0.3 is 30.1 Å². The van der Waals surface area contributed by atoms with Crippen molar-refractivity contribution in [2.24, 2.45) is 11.7 Å². The van der Waals surface area contributed by atoms with Gasteiger partial charge in [0.15, 0.2) is 11.3 Å². The molecule has 4 aliphatic rings. The van der Waals surface area contributed by atoms with Crippen molar-refractivity contribution < 1.29 is 18.7 Å². The summed E-state index contributed by atoms with van der Waals surface area (Å²) in [6, 6.07) is 12.2. The Hall–Kier alpha value is -6.16. The summed E-state index contributed by atoms with van der Waals surface area (Å²) in [6.07, 6.45) is 14.6. The number of carbonyl (C=O) groups is 2. The Morgan fingerprint density at radius 3 is 1.89 bits per heavy atom. The van der Waals surface area contributed by atoms with Crippen LogP contribution in [-0.4, -0.2) is 108 Å². The van der Waals surface area contributed by atoms with Gasteiger partial charge in [-0.15, -0.1) is 0 Å². The van der Waals surface area contributed by atoms with Gasteiger partial charge in [0.05, 0.1) is 30.6 Å². The molecular formula is C49H61FN12O3. The summed E-state index contributed by atoms with van der Waals surface area (Å²) in [5.41, 5.74) is 13.1. The number of likely N-dealkylation sites (tertiary alicyclic amines) is 2. The molecule has 15 nitrogen and oxygen atoms in total. The van der Waals surface area contributed by atoms with E-state index in [9.17, 15) is 14.0 Å². The summed E-state index contributed by atoms with van der Waals surface area (Å²) in [7, 11) is 1.44. The van der Waals surface area contributed by atoms with Gasteiger partial charge in [-0.1, -0.05) is 26.0 Å². The van der Waals surface area contributed by atoms with Crippen molar-refractivity contribution in [1.82, 2.24) is 44.0 Å². The molecule has 6 aromatic rings. The predicted molar refractivity (Wildman–Crippen MR) is 248 cm³/mol. The van der Waals surface area contributed by atoms with Crippen LogP contribution in [0.3, 0.4) is 0 Å². The zero-order valence-electron chi connectivity index (χ0n) is 38.3. The number of halogens is 1. The number of hydrogen-bond acceptors (Lipinski definition) is 11. The Morgan fingerprint density at radius 1 is 0.769 bits per heavy atom. The van der Waals surface area contributed by atoms with Crippen LogP contribution in [0.2, 0.25) is 0 Å². The van der Waals surface area contributed by atoms with Crippen molar-refractivity contribution in [2.45, 2.75) is 104 Å². The van der Waals surface area contributed by atoms with Crippen LogP contribution < -0.4 is 20.3 Å².